The van der Waals surface area contributed by atoms with Crippen LogP contribution in [0.1, 0.15) is 59.8 Å². The van der Waals surface area contributed by atoms with Gasteiger partial charge < -0.3 is 9.94 Å². The summed E-state index contributed by atoms with van der Waals surface area (Å²) < 4.78 is 0. The fourth-order valence-corrected chi connectivity index (χ4v) is 4.05. The Balaban J connectivity index is 3.19. The molecule has 0 spiro atoms. The molecule has 0 aromatic rings. The van der Waals surface area contributed by atoms with E-state index < -0.39 is 0 Å². The second-order valence-electron chi connectivity index (χ2n) is 5.48. The number of ketones is 1. The van der Waals surface area contributed by atoms with Gasteiger partial charge in [-0.15, -0.1) is 0 Å². The second kappa shape index (κ2) is 9.93. The molecule has 4 nitrogen and oxygen atoms in total. The van der Waals surface area contributed by atoms with Gasteiger partial charge in [0.15, 0.2) is 5.78 Å². The highest BCUT2D eigenvalue weighted by molar-refractivity contribution is 7.99. The normalized spacial score (nSPS) is 23.1. The second-order valence-corrected chi connectivity index (χ2v) is 7.00. The zero-order chi connectivity index (χ0) is 16.5. The average molecular weight is 327 g/mol. The van der Waals surface area contributed by atoms with Crippen LogP contribution in [0.3, 0.4) is 0 Å². The summed E-state index contributed by atoms with van der Waals surface area (Å²) in [7, 11) is 0. The fraction of sp³-hybridized carbons (Fsp3) is 0.765. The lowest BCUT2D eigenvalue weighted by Crippen LogP contribution is -2.33. The minimum atomic E-state index is 0.00251. The Hall–Kier alpha value is -0.970. The predicted octanol–water partition coefficient (Wildman–Crippen LogP) is 4.50. The number of hydrogen-bond donors (Lipinski definition) is 1. The third-order valence-electron chi connectivity index (χ3n) is 3.78. The summed E-state index contributed by atoms with van der Waals surface area (Å²) in [5, 5.41) is 15.0. The molecule has 126 valence electrons. The van der Waals surface area contributed by atoms with E-state index in [4.69, 9.17) is 4.84 Å². The molecule has 0 fully saturated rings. The number of carbonyl (C=O) groups is 1. The van der Waals surface area contributed by atoms with Crippen molar-refractivity contribution in [2.75, 3.05) is 12.4 Å². The van der Waals surface area contributed by atoms with Crippen molar-refractivity contribution in [3.05, 3.63) is 11.3 Å². The molecule has 0 aromatic carbocycles. The number of aliphatic hydroxyl groups excluding tert-OH is 1. The molecule has 0 radical (unpaired) electrons. The van der Waals surface area contributed by atoms with E-state index in [0.29, 0.717) is 30.7 Å². The smallest absolute Gasteiger partial charge is 0.169 e. The topological polar surface area (TPSA) is 58.9 Å². The van der Waals surface area contributed by atoms with Crippen LogP contribution in [-0.2, 0) is 9.63 Å². The van der Waals surface area contributed by atoms with E-state index in [0.717, 1.165) is 25.0 Å². The van der Waals surface area contributed by atoms with Gasteiger partial charge in [-0.05, 0) is 25.5 Å². The van der Waals surface area contributed by atoms with Gasteiger partial charge in [0.05, 0.1) is 11.3 Å². The molecule has 0 saturated carbocycles. The average Bonchev–Trinajstić information content (AvgIpc) is 2.49. The molecule has 0 bridgehead atoms. The molecule has 22 heavy (non-hydrogen) atoms. The van der Waals surface area contributed by atoms with Gasteiger partial charge in [0.25, 0.3) is 0 Å². The van der Waals surface area contributed by atoms with Crippen molar-refractivity contribution in [3.8, 4) is 0 Å². The van der Waals surface area contributed by atoms with Crippen LogP contribution in [0, 0.1) is 5.92 Å². The maximum atomic E-state index is 12.6. The fourth-order valence-electron chi connectivity index (χ4n) is 2.86. The number of rotatable bonds is 9. The summed E-state index contributed by atoms with van der Waals surface area (Å²) in [6.45, 7) is 8.55. The van der Waals surface area contributed by atoms with Crippen molar-refractivity contribution in [2.24, 2.45) is 11.1 Å². The largest absolute Gasteiger partial charge is 0.511 e. The lowest BCUT2D eigenvalue weighted by Gasteiger charge is -2.31. The number of aliphatic hydroxyl groups is 1. The van der Waals surface area contributed by atoms with Crippen LogP contribution >= 0.6 is 11.8 Å². The van der Waals surface area contributed by atoms with Crippen molar-refractivity contribution in [1.29, 1.82) is 0 Å². The summed E-state index contributed by atoms with van der Waals surface area (Å²) >= 11 is 1.77. The number of carbonyl (C=O) groups excluding carboxylic acids is 1. The van der Waals surface area contributed by atoms with Crippen LogP contribution in [0.25, 0.3) is 0 Å². The van der Waals surface area contributed by atoms with Crippen molar-refractivity contribution in [3.63, 3.8) is 0 Å². The summed E-state index contributed by atoms with van der Waals surface area (Å²) in [6.07, 6.45) is 3.88. The molecule has 0 amide bonds. The summed E-state index contributed by atoms with van der Waals surface area (Å²) in [4.78, 5) is 17.7. The number of Topliss-reactive ketones (excluding diaryl/α,β-unsaturated/α-hetero) is 1. The summed E-state index contributed by atoms with van der Waals surface area (Å²) in [5.74, 6) is 1.24. The Kier molecular flexibility index (Phi) is 8.61. The minimum Gasteiger partial charge on any atom is -0.511 e. The monoisotopic (exact) mass is 327 g/mol. The molecule has 1 N–H and O–H groups in total. The van der Waals surface area contributed by atoms with Crippen LogP contribution in [0.15, 0.2) is 16.5 Å². The molecular weight excluding hydrogens is 298 g/mol. The first kappa shape index (κ1) is 19.1. The number of hydrogen-bond acceptors (Lipinski definition) is 5. The highest BCUT2D eigenvalue weighted by atomic mass is 32.2. The van der Waals surface area contributed by atoms with Gasteiger partial charge in [0.2, 0.25) is 0 Å². The molecule has 1 aliphatic carbocycles. The van der Waals surface area contributed by atoms with Gasteiger partial charge in [0.1, 0.15) is 12.4 Å². The van der Waals surface area contributed by atoms with Gasteiger partial charge in [0, 0.05) is 17.6 Å². The lowest BCUT2D eigenvalue weighted by molar-refractivity contribution is -0.116. The highest BCUT2D eigenvalue weighted by Crippen LogP contribution is 2.38. The summed E-state index contributed by atoms with van der Waals surface area (Å²) in [6, 6.07) is 0. The summed E-state index contributed by atoms with van der Waals surface area (Å²) in [5.41, 5.74) is 1.02. The van der Waals surface area contributed by atoms with E-state index in [1.807, 2.05) is 13.8 Å². The third-order valence-corrected chi connectivity index (χ3v) is 5.04. The predicted molar refractivity (Wildman–Crippen MR) is 93.6 cm³/mol. The zero-order valence-corrected chi connectivity index (χ0v) is 15.0. The van der Waals surface area contributed by atoms with Gasteiger partial charge in [-0.2, -0.15) is 11.8 Å². The van der Waals surface area contributed by atoms with Gasteiger partial charge in [-0.25, -0.2) is 0 Å². The first-order valence-corrected chi connectivity index (χ1v) is 9.42. The van der Waals surface area contributed by atoms with Gasteiger partial charge >= 0.3 is 0 Å². The number of oxime groups is 1. The van der Waals surface area contributed by atoms with E-state index >= 15 is 0 Å². The lowest BCUT2D eigenvalue weighted by atomic mass is 9.82. The first-order valence-electron chi connectivity index (χ1n) is 8.37. The molecule has 5 heteroatoms. The molecular formula is C17H29NO3S. The standard InChI is InChI=1S/C17H29NO3S/c1-5-9-12-15(22-8-4)11-14(19)16(17(12)20)13(10-6-2)18-21-7-3/h12,15,20H,5-11H2,1-4H3. The zero-order valence-electron chi connectivity index (χ0n) is 14.2. The van der Waals surface area contributed by atoms with Crippen molar-refractivity contribution in [1.82, 2.24) is 0 Å². The molecule has 2 atom stereocenters. The van der Waals surface area contributed by atoms with Crippen LogP contribution in [0.4, 0.5) is 0 Å². The van der Waals surface area contributed by atoms with Crippen molar-refractivity contribution in [2.45, 2.75) is 65.0 Å². The molecule has 1 aliphatic rings. The van der Waals surface area contributed by atoms with Crippen molar-refractivity contribution < 1.29 is 14.7 Å². The Morgan fingerprint density at radius 2 is 2.05 bits per heavy atom. The van der Waals surface area contributed by atoms with E-state index in [-0.39, 0.29) is 22.7 Å². The van der Waals surface area contributed by atoms with Crippen LogP contribution < -0.4 is 0 Å². The number of nitrogens with zero attached hydrogens (tertiary/aromatic N) is 1. The molecule has 0 heterocycles. The maximum Gasteiger partial charge on any atom is 0.169 e. The quantitative estimate of drug-likeness (QED) is 0.500. The van der Waals surface area contributed by atoms with Gasteiger partial charge in [-0.3, -0.25) is 4.79 Å². The Morgan fingerprint density at radius 3 is 2.59 bits per heavy atom. The first-order chi connectivity index (χ1) is 10.6. The third kappa shape index (κ3) is 4.77. The van der Waals surface area contributed by atoms with E-state index in [1.165, 1.54) is 0 Å². The molecule has 0 aliphatic heterocycles. The molecule has 2 unspecified atom stereocenters. The minimum absolute atomic E-state index is 0.00251. The number of thioether (sulfide) groups is 1. The molecule has 1 rings (SSSR count). The Labute approximate surface area is 138 Å². The molecule has 0 saturated heterocycles. The van der Waals surface area contributed by atoms with E-state index in [9.17, 15) is 9.90 Å². The SMILES string of the molecule is CCCC(=NOCC)C1=C(O)C(CCC)C(SCC)CC1=O. The number of allylic oxidation sites excluding steroid dienone is 2. The van der Waals surface area contributed by atoms with Crippen LogP contribution in [0.2, 0.25) is 0 Å². The van der Waals surface area contributed by atoms with Gasteiger partial charge in [-0.1, -0.05) is 38.8 Å². The van der Waals surface area contributed by atoms with E-state index in [1.54, 1.807) is 11.8 Å². The van der Waals surface area contributed by atoms with Crippen LogP contribution in [0.5, 0.6) is 0 Å². The Bertz CT molecular complexity index is 432. The molecule has 0 aromatic heterocycles. The van der Waals surface area contributed by atoms with E-state index in [2.05, 4.69) is 19.0 Å². The maximum absolute atomic E-state index is 12.6. The highest BCUT2D eigenvalue weighted by Gasteiger charge is 2.37. The Morgan fingerprint density at radius 1 is 1.32 bits per heavy atom. The van der Waals surface area contributed by atoms with Crippen molar-refractivity contribution >= 4 is 23.3 Å². The van der Waals surface area contributed by atoms with Crippen LogP contribution in [-0.4, -0.2) is 34.2 Å².